The Kier molecular flexibility index (Phi) is 9.97. The average molecular weight is 670 g/mol. The Morgan fingerprint density at radius 3 is 1.92 bits per heavy atom. The van der Waals surface area contributed by atoms with Gasteiger partial charge in [0.1, 0.15) is 23.1 Å². The molecule has 5 rings (SSSR count). The van der Waals surface area contributed by atoms with Crippen LogP contribution >= 0.6 is 11.3 Å². The van der Waals surface area contributed by atoms with Crippen molar-refractivity contribution < 1.29 is 0 Å². The van der Waals surface area contributed by atoms with Crippen molar-refractivity contribution in [1.82, 2.24) is 9.97 Å². The van der Waals surface area contributed by atoms with Crippen LogP contribution in [0.5, 0.6) is 0 Å². The molecule has 0 aliphatic carbocycles. The van der Waals surface area contributed by atoms with E-state index in [0.29, 0.717) is 22.5 Å². The van der Waals surface area contributed by atoms with Crippen LogP contribution in [0.2, 0.25) is 0 Å². The van der Waals surface area contributed by atoms with Crippen molar-refractivity contribution in [2.75, 3.05) is 16.0 Å². The molecule has 4 N–H and O–H groups in total. The molecule has 250 valence electrons. The molecule has 5 aromatic rings. The van der Waals surface area contributed by atoms with E-state index in [0.717, 1.165) is 49.4 Å². The van der Waals surface area contributed by atoms with Crippen LogP contribution in [0.15, 0.2) is 76.2 Å². The van der Waals surface area contributed by atoms with Crippen LogP contribution in [0.4, 0.5) is 33.8 Å². The molecule has 0 spiro atoms. The molecule has 0 saturated carbocycles. The van der Waals surface area contributed by atoms with Gasteiger partial charge in [-0.1, -0.05) is 79.6 Å². The topological polar surface area (TPSA) is 134 Å². The molecule has 0 amide bonds. The van der Waals surface area contributed by atoms with E-state index in [4.69, 9.17) is 20.5 Å². The van der Waals surface area contributed by atoms with E-state index in [1.165, 1.54) is 22.5 Å². The zero-order valence-electron chi connectivity index (χ0n) is 29.8. The number of aromatic nitrogens is 2. The van der Waals surface area contributed by atoms with Crippen LogP contribution in [0, 0.1) is 70.6 Å². The molecule has 0 unspecified atom stereocenters. The quantitative estimate of drug-likeness (QED) is 0.0701. The van der Waals surface area contributed by atoms with E-state index in [2.05, 4.69) is 92.9 Å². The normalized spacial score (nSPS) is 12.2. The molecular weight excluding hydrogens is 627 g/mol. The van der Waals surface area contributed by atoms with E-state index in [-0.39, 0.29) is 17.1 Å². The third kappa shape index (κ3) is 7.85. The SMILES string of the molecule is Cc1cc(C)c(Nc2cc(C)c(N=NC(Nc3nc4ccccc4s3)=C(C#N)C(=N)C(C)(C)C)c(Nc3c(C)cc(C)cc3C)n2)c(C)c1. The summed E-state index contributed by atoms with van der Waals surface area (Å²) in [7, 11) is 0. The highest BCUT2D eigenvalue weighted by atomic mass is 32.1. The Hall–Kier alpha value is -5.40. The smallest absolute Gasteiger partial charge is 0.189 e. The largest absolute Gasteiger partial charge is 0.340 e. The van der Waals surface area contributed by atoms with Crippen LogP contribution in [0.1, 0.15) is 59.7 Å². The van der Waals surface area contributed by atoms with Gasteiger partial charge in [-0.25, -0.2) is 9.97 Å². The molecule has 2 aromatic heterocycles. The van der Waals surface area contributed by atoms with E-state index < -0.39 is 5.41 Å². The third-order valence-electron chi connectivity index (χ3n) is 8.15. The summed E-state index contributed by atoms with van der Waals surface area (Å²) in [5.74, 6) is 1.31. The Morgan fingerprint density at radius 1 is 0.796 bits per heavy atom. The highest BCUT2D eigenvalue weighted by Gasteiger charge is 2.25. The zero-order valence-corrected chi connectivity index (χ0v) is 30.7. The molecular formula is C39H43N9S. The van der Waals surface area contributed by atoms with Gasteiger partial charge in [-0.3, -0.25) is 0 Å². The number of allylic oxidation sites excluding steroid dienone is 1. The monoisotopic (exact) mass is 669 g/mol. The van der Waals surface area contributed by atoms with Gasteiger partial charge in [0.05, 0.1) is 15.9 Å². The molecule has 49 heavy (non-hydrogen) atoms. The van der Waals surface area contributed by atoms with E-state index in [1.807, 2.05) is 58.0 Å². The van der Waals surface area contributed by atoms with Gasteiger partial charge in [-0.05, 0) is 94.5 Å². The third-order valence-corrected chi connectivity index (χ3v) is 9.10. The second kappa shape index (κ2) is 14.0. The summed E-state index contributed by atoms with van der Waals surface area (Å²) in [6, 6.07) is 20.5. The summed E-state index contributed by atoms with van der Waals surface area (Å²) in [5.41, 5.74) is 10.5. The van der Waals surface area contributed by atoms with Crippen molar-refractivity contribution in [1.29, 1.82) is 10.7 Å². The maximum Gasteiger partial charge on any atom is 0.189 e. The highest BCUT2D eigenvalue weighted by molar-refractivity contribution is 7.22. The fourth-order valence-electron chi connectivity index (χ4n) is 5.81. The van der Waals surface area contributed by atoms with E-state index in [1.54, 1.807) is 0 Å². The zero-order chi connectivity index (χ0) is 35.6. The van der Waals surface area contributed by atoms with Gasteiger partial charge in [-0.2, -0.15) is 5.26 Å². The fourth-order valence-corrected chi connectivity index (χ4v) is 6.68. The van der Waals surface area contributed by atoms with Crippen LogP contribution in [0.25, 0.3) is 10.2 Å². The Balaban J connectivity index is 1.66. The van der Waals surface area contributed by atoms with Crippen molar-refractivity contribution in [3.63, 3.8) is 0 Å². The number of nitrogens with one attached hydrogen (secondary N) is 4. The number of hydrogen-bond donors (Lipinski definition) is 4. The molecule has 0 radical (unpaired) electrons. The van der Waals surface area contributed by atoms with Crippen LogP contribution in [0.3, 0.4) is 0 Å². The molecule has 0 aliphatic rings. The highest BCUT2D eigenvalue weighted by Crippen LogP contribution is 2.37. The molecule has 2 heterocycles. The van der Waals surface area contributed by atoms with Gasteiger partial charge in [0, 0.05) is 16.8 Å². The second-order valence-corrected chi connectivity index (χ2v) is 14.6. The van der Waals surface area contributed by atoms with Crippen LogP contribution in [-0.4, -0.2) is 15.7 Å². The van der Waals surface area contributed by atoms with Gasteiger partial charge in [-0.15, -0.1) is 10.2 Å². The maximum atomic E-state index is 10.3. The molecule has 3 aromatic carbocycles. The number of fused-ring (bicyclic) bond motifs is 1. The number of rotatable bonds is 9. The number of para-hydroxylation sites is 1. The first-order chi connectivity index (χ1) is 23.1. The van der Waals surface area contributed by atoms with Gasteiger partial charge >= 0.3 is 0 Å². The first kappa shape index (κ1) is 34.9. The molecule has 10 heteroatoms. The summed E-state index contributed by atoms with van der Waals surface area (Å²) in [4.78, 5) is 9.73. The average Bonchev–Trinajstić information content (AvgIpc) is 3.42. The van der Waals surface area contributed by atoms with Crippen molar-refractivity contribution in [3.05, 3.63) is 105 Å². The summed E-state index contributed by atoms with van der Waals surface area (Å²) in [6.45, 7) is 20.1. The Labute approximate surface area is 292 Å². The van der Waals surface area contributed by atoms with Gasteiger partial charge < -0.3 is 21.4 Å². The number of hydrogen-bond acceptors (Lipinski definition) is 10. The first-order valence-corrected chi connectivity index (χ1v) is 17.0. The Bertz CT molecular complexity index is 2110. The van der Waals surface area contributed by atoms with Gasteiger partial charge in [0.2, 0.25) is 0 Å². The minimum absolute atomic E-state index is 0.0875. The number of nitrogens with zero attached hydrogens (tertiary/aromatic N) is 5. The number of anilines is 5. The lowest BCUT2D eigenvalue weighted by Gasteiger charge is -2.20. The molecule has 0 saturated heterocycles. The number of benzene rings is 3. The van der Waals surface area contributed by atoms with Crippen LogP contribution in [-0.2, 0) is 0 Å². The fraction of sp³-hybridized carbons (Fsp3) is 0.282. The lowest BCUT2D eigenvalue weighted by Crippen LogP contribution is -2.23. The minimum atomic E-state index is -0.606. The van der Waals surface area contributed by atoms with Crippen molar-refractivity contribution >= 4 is 61.1 Å². The van der Waals surface area contributed by atoms with E-state index in [9.17, 15) is 5.26 Å². The predicted molar refractivity (Wildman–Crippen MR) is 204 cm³/mol. The number of thiazole rings is 1. The number of nitriles is 1. The minimum Gasteiger partial charge on any atom is -0.340 e. The molecule has 0 aliphatic heterocycles. The first-order valence-electron chi connectivity index (χ1n) is 16.1. The molecule has 0 bridgehead atoms. The Morgan fingerprint density at radius 2 is 1.37 bits per heavy atom. The number of aryl methyl sites for hydroxylation is 7. The van der Waals surface area contributed by atoms with Crippen molar-refractivity contribution in [3.8, 4) is 6.07 Å². The maximum absolute atomic E-state index is 10.3. The summed E-state index contributed by atoms with van der Waals surface area (Å²) in [5, 5.41) is 39.5. The van der Waals surface area contributed by atoms with Crippen molar-refractivity contribution in [2.24, 2.45) is 15.6 Å². The standard InChI is InChI=1S/C39H43N9S/c1-21-15-23(3)32(24(4)16-21)43-31-19-27(7)34(37(44-31)45-33-25(5)17-22(2)18-26(33)6)47-48-36(28(20-40)35(41)39(8,9)10)46-38-42-29-13-11-12-14-30(29)49-38/h11-19,41H,1-10H3,(H,42,46)(H2,43,44,45). The van der Waals surface area contributed by atoms with Gasteiger partial charge in [0.15, 0.2) is 16.8 Å². The second-order valence-electron chi connectivity index (χ2n) is 13.6. The summed E-state index contributed by atoms with van der Waals surface area (Å²) >= 11 is 1.44. The summed E-state index contributed by atoms with van der Waals surface area (Å²) in [6.07, 6.45) is 0. The molecule has 0 atom stereocenters. The molecule has 0 fully saturated rings. The summed E-state index contributed by atoms with van der Waals surface area (Å²) < 4.78 is 0.989. The number of azo groups is 1. The predicted octanol–water partition coefficient (Wildman–Crippen LogP) is 11.3. The van der Waals surface area contributed by atoms with Crippen molar-refractivity contribution in [2.45, 2.75) is 69.2 Å². The molecule has 9 nitrogen and oxygen atoms in total. The lowest BCUT2D eigenvalue weighted by atomic mass is 9.86. The lowest BCUT2D eigenvalue weighted by molar-refractivity contribution is 0.588. The van der Waals surface area contributed by atoms with Gasteiger partial charge in [0.25, 0.3) is 0 Å². The van der Waals surface area contributed by atoms with E-state index >= 15 is 0 Å². The number of pyridine rings is 1. The van der Waals surface area contributed by atoms with Crippen LogP contribution < -0.4 is 16.0 Å².